The molecule has 9 unspecified atom stereocenters. The molecule has 0 spiro atoms. The van der Waals surface area contributed by atoms with E-state index in [9.17, 15) is 39.6 Å². The number of anilines is 1. The molecule has 1 fully saturated rings. The number of aromatic hydroxyl groups is 2. The number of carbonyl (C=O) groups excluding carboxylic acids is 4. The first-order chi connectivity index (χ1) is 27.5. The summed E-state index contributed by atoms with van der Waals surface area (Å²) in [6.07, 6.45) is 3.62. The van der Waals surface area contributed by atoms with Gasteiger partial charge in [-0.25, -0.2) is 0 Å². The van der Waals surface area contributed by atoms with Gasteiger partial charge in [-0.05, 0) is 25.3 Å². The van der Waals surface area contributed by atoms with Crippen LogP contribution in [0.3, 0.4) is 0 Å². The summed E-state index contributed by atoms with van der Waals surface area (Å²) < 4.78 is 29.8. The molecule has 59 heavy (non-hydrogen) atoms. The third-order valence-electron chi connectivity index (χ3n) is 11.8. The molecule has 4 heterocycles. The Morgan fingerprint density at radius 3 is 2.22 bits per heavy atom. The first-order valence-corrected chi connectivity index (χ1v) is 19.8. The number of nitrogens with one attached hydrogen (secondary N) is 1. The number of amides is 2. The predicted octanol–water partition coefficient (Wildman–Crippen LogP) is 5.30. The number of benzene rings is 2. The molecule has 5 N–H and O–H groups in total. The van der Waals surface area contributed by atoms with Crippen molar-refractivity contribution in [1.82, 2.24) is 4.90 Å². The van der Waals surface area contributed by atoms with Crippen molar-refractivity contribution in [2.24, 2.45) is 29.1 Å². The van der Waals surface area contributed by atoms with Crippen molar-refractivity contribution in [2.75, 3.05) is 32.1 Å². The number of phenolic OH excluding ortho intramolecular Hbond substituents is 2. The molecule has 322 valence electrons. The number of hydrogen-bond donors (Lipinski definition) is 5. The molecule has 0 aromatic heterocycles. The molecule has 2 amide bonds. The van der Waals surface area contributed by atoms with Gasteiger partial charge in [0, 0.05) is 80.3 Å². The van der Waals surface area contributed by atoms with E-state index in [2.05, 4.69) is 5.32 Å². The quantitative estimate of drug-likeness (QED) is 0.192. The van der Waals surface area contributed by atoms with Gasteiger partial charge in [0.05, 0.1) is 41.2 Å². The Kier molecular flexibility index (Phi) is 13.1. The van der Waals surface area contributed by atoms with Crippen LogP contribution >= 0.6 is 0 Å². The zero-order valence-corrected chi connectivity index (χ0v) is 35.6. The average molecular weight is 823 g/mol. The third kappa shape index (κ3) is 8.92. The third-order valence-corrected chi connectivity index (χ3v) is 11.8. The van der Waals surface area contributed by atoms with Crippen molar-refractivity contribution in [1.29, 1.82) is 0 Å². The second-order valence-corrected chi connectivity index (χ2v) is 17.1. The Labute approximate surface area is 344 Å². The summed E-state index contributed by atoms with van der Waals surface area (Å²) in [6.45, 7) is 17.2. The Bertz CT molecular complexity index is 2080. The summed E-state index contributed by atoms with van der Waals surface area (Å²) in [6, 6.07) is 1.28. The lowest BCUT2D eigenvalue weighted by Gasteiger charge is -2.45. The highest BCUT2D eigenvalue weighted by Gasteiger charge is 2.50. The summed E-state index contributed by atoms with van der Waals surface area (Å²) in [4.78, 5) is 55.2. The molecule has 15 nitrogen and oxygen atoms in total. The number of Topliss-reactive ketones (excluding diaryl/α,β-unsaturated/α-hetero) is 1. The maximum Gasteiger partial charge on any atom is 0.312 e. The molecule has 0 aliphatic carbocycles. The van der Waals surface area contributed by atoms with Crippen LogP contribution in [-0.2, 0) is 28.6 Å². The summed E-state index contributed by atoms with van der Waals surface area (Å²) in [5.41, 5.74) is -0.0391. The summed E-state index contributed by atoms with van der Waals surface area (Å²) in [5.74, 6) is -7.93. The van der Waals surface area contributed by atoms with E-state index >= 15 is 0 Å². The van der Waals surface area contributed by atoms with Gasteiger partial charge in [0.25, 0.3) is 17.6 Å². The van der Waals surface area contributed by atoms with Gasteiger partial charge in [-0.1, -0.05) is 59.8 Å². The van der Waals surface area contributed by atoms with E-state index in [0.29, 0.717) is 13.1 Å². The fourth-order valence-corrected chi connectivity index (χ4v) is 8.14. The van der Waals surface area contributed by atoms with Crippen molar-refractivity contribution < 1.29 is 63.3 Å². The minimum absolute atomic E-state index is 0.0518. The van der Waals surface area contributed by atoms with Crippen LogP contribution in [0, 0.1) is 36.0 Å². The van der Waals surface area contributed by atoms with E-state index in [4.69, 9.17) is 23.7 Å². The second kappa shape index (κ2) is 17.2. The molecule has 15 heteroatoms. The maximum absolute atomic E-state index is 14.5. The SMILES string of the molecule is COC1/C=C/OC2(C)Oc3c(C)c(O)c4c(O)c(cc(OCC(=O)N5CC(C)(C)C5)c4c3C2=O)NC(=O)C(C)=C/C=C/C(C)C(O)C(C)C(O)C(C)C(OC(C)=O)C1C. The van der Waals surface area contributed by atoms with Crippen LogP contribution in [-0.4, -0.2) is 106 Å². The maximum atomic E-state index is 14.5. The first-order valence-electron chi connectivity index (χ1n) is 19.8. The standard InChI is InChI=1S/C44H58N2O13/c1-21-13-12-14-22(2)42(54)45-28-17-30(56-18-31(48)46-19-43(8,9)20-46)32-33(38(28)52)37(51)26(6)40-34(32)41(53)44(10,59-40)57-16-15-29(55-11)23(3)39(58-27(7)47)25(5)36(50)24(4)35(21)49/h12-17,21,23-25,29,35-36,39,49-52H,18-20H2,1-11H3,(H,45,54)/b13-12+,16-15+,22-14?. The number of aliphatic hydroxyl groups excluding tert-OH is 2. The van der Waals surface area contributed by atoms with Gasteiger partial charge >= 0.3 is 11.8 Å². The Balaban J connectivity index is 1.65. The van der Waals surface area contributed by atoms with Gasteiger partial charge in [0.15, 0.2) is 12.4 Å². The predicted molar refractivity (Wildman–Crippen MR) is 218 cm³/mol. The van der Waals surface area contributed by atoms with Gasteiger partial charge < -0.3 is 54.3 Å². The van der Waals surface area contributed by atoms with Crippen LogP contribution < -0.4 is 14.8 Å². The zero-order valence-electron chi connectivity index (χ0n) is 35.6. The topological polar surface area (TPSA) is 211 Å². The van der Waals surface area contributed by atoms with E-state index in [-0.39, 0.29) is 56.0 Å². The van der Waals surface area contributed by atoms with Crippen LogP contribution in [0.1, 0.15) is 78.2 Å². The molecule has 0 radical (unpaired) electrons. The highest BCUT2D eigenvalue weighted by atomic mass is 16.7. The van der Waals surface area contributed by atoms with Crippen molar-refractivity contribution >= 4 is 40.0 Å². The molecule has 4 aliphatic heterocycles. The molecular formula is C44H58N2O13. The second-order valence-electron chi connectivity index (χ2n) is 17.1. The van der Waals surface area contributed by atoms with Crippen molar-refractivity contribution in [3.8, 4) is 23.0 Å². The highest BCUT2D eigenvalue weighted by Crippen LogP contribution is 2.54. The van der Waals surface area contributed by atoms with E-state index in [1.807, 2.05) is 13.8 Å². The Hall–Kier alpha value is -5.12. The molecule has 4 aliphatic rings. The van der Waals surface area contributed by atoms with Gasteiger partial charge in [-0.2, -0.15) is 0 Å². The van der Waals surface area contributed by atoms with Crippen molar-refractivity contribution in [3.63, 3.8) is 0 Å². The van der Waals surface area contributed by atoms with Gasteiger partial charge in [-0.3, -0.25) is 19.2 Å². The summed E-state index contributed by atoms with van der Waals surface area (Å²) in [5, 5.41) is 48.5. The number of ketones is 1. The molecule has 2 aromatic rings. The number of nitrogens with zero attached hydrogens (tertiary/aromatic N) is 1. The number of aliphatic hydroxyl groups is 2. The highest BCUT2D eigenvalue weighted by molar-refractivity contribution is 6.21. The number of allylic oxidation sites excluding steroid dienone is 2. The Morgan fingerprint density at radius 2 is 1.61 bits per heavy atom. The smallest absolute Gasteiger partial charge is 0.312 e. The number of fused-ring (bicyclic) bond motifs is 14. The first kappa shape index (κ1) is 45.0. The molecule has 9 atom stereocenters. The average Bonchev–Trinajstić information content (AvgIpc) is 3.43. The van der Waals surface area contributed by atoms with Crippen molar-refractivity contribution in [2.45, 2.75) is 99.4 Å². The minimum Gasteiger partial charge on any atom is -0.507 e. The fourth-order valence-electron chi connectivity index (χ4n) is 8.14. The number of rotatable bonds is 5. The fraction of sp³-hybridized carbons (Fsp3) is 0.545. The number of esters is 1. The largest absolute Gasteiger partial charge is 0.507 e. The lowest BCUT2D eigenvalue weighted by Crippen LogP contribution is -2.56. The zero-order chi connectivity index (χ0) is 43.9. The molecule has 1 saturated heterocycles. The number of ether oxygens (including phenoxy) is 5. The molecule has 6 rings (SSSR count). The minimum atomic E-state index is -2.02. The normalized spacial score (nSPS) is 31.1. The monoisotopic (exact) mass is 822 g/mol. The molecular weight excluding hydrogens is 764 g/mol. The Morgan fingerprint density at radius 1 is 0.949 bits per heavy atom. The van der Waals surface area contributed by atoms with Crippen LogP contribution in [0.5, 0.6) is 23.0 Å². The van der Waals surface area contributed by atoms with Crippen molar-refractivity contribution in [3.05, 3.63) is 53.3 Å². The van der Waals surface area contributed by atoms with Gasteiger partial charge in [0.2, 0.25) is 0 Å². The number of phenols is 2. The number of methoxy groups -OCH3 is 1. The molecule has 2 aromatic carbocycles. The van der Waals surface area contributed by atoms with Crippen LogP contribution in [0.4, 0.5) is 5.69 Å². The summed E-state index contributed by atoms with van der Waals surface area (Å²) in [7, 11) is 1.44. The molecule has 5 bridgehead atoms. The van der Waals surface area contributed by atoms with E-state index in [0.717, 1.165) is 0 Å². The van der Waals surface area contributed by atoms with Crippen LogP contribution in [0.15, 0.2) is 42.2 Å². The lowest BCUT2D eigenvalue weighted by molar-refractivity contribution is -0.160. The molecule has 0 saturated carbocycles. The van der Waals surface area contributed by atoms with Gasteiger partial charge in [0.1, 0.15) is 23.4 Å². The lowest BCUT2D eigenvalue weighted by atomic mass is 9.78. The van der Waals surface area contributed by atoms with Crippen LogP contribution in [0.2, 0.25) is 0 Å². The van der Waals surface area contributed by atoms with Crippen LogP contribution in [0.25, 0.3) is 10.8 Å². The summed E-state index contributed by atoms with van der Waals surface area (Å²) >= 11 is 0. The van der Waals surface area contributed by atoms with Gasteiger partial charge in [-0.15, -0.1) is 0 Å². The van der Waals surface area contributed by atoms with E-state index in [1.165, 1.54) is 59.3 Å². The number of hydrogen-bond acceptors (Lipinski definition) is 13. The van der Waals surface area contributed by atoms with E-state index < -0.39 is 89.6 Å². The number of likely N-dealkylation sites (tertiary alicyclic amines) is 1. The number of carbonyl (C=O) groups is 4. The van der Waals surface area contributed by atoms with E-state index in [1.54, 1.807) is 44.7 Å².